The number of nitriles is 1. The van der Waals surface area contributed by atoms with Crippen LogP contribution in [0.3, 0.4) is 0 Å². The predicted molar refractivity (Wildman–Crippen MR) is 99.4 cm³/mol. The van der Waals surface area contributed by atoms with Gasteiger partial charge in [-0.15, -0.1) is 0 Å². The molecule has 2 fully saturated rings. The molecule has 2 saturated carbocycles. The van der Waals surface area contributed by atoms with Gasteiger partial charge in [-0.3, -0.25) is 0 Å². The van der Waals surface area contributed by atoms with Crippen LogP contribution in [0.25, 0.3) is 5.41 Å². The third-order valence-electron chi connectivity index (χ3n) is 5.34. The average Bonchev–Trinajstić information content (AvgIpc) is 2.64. The van der Waals surface area contributed by atoms with Crippen molar-refractivity contribution < 1.29 is 34.4 Å². The maximum atomic E-state index is 12.3. The molecular weight excluding hydrogens is 463 g/mol. The lowest BCUT2D eigenvalue weighted by Gasteiger charge is -2.26. The summed E-state index contributed by atoms with van der Waals surface area (Å²) in [6.45, 7) is 3.08. The molecule has 26 heavy (non-hydrogen) atoms. The van der Waals surface area contributed by atoms with Crippen LogP contribution in [-0.2, 0) is 14.6 Å². The molecule has 0 saturated heterocycles. The molecule has 0 N–H and O–H groups in total. The second kappa shape index (κ2) is 10.8. The number of allylic oxidation sites excluding steroid dienone is 1. The van der Waals surface area contributed by atoms with E-state index in [1.165, 1.54) is 32.1 Å². The first-order chi connectivity index (χ1) is 12.5. The molecule has 146 valence electrons. The van der Waals surface area contributed by atoms with Gasteiger partial charge in [-0.1, -0.05) is 13.3 Å². The van der Waals surface area contributed by atoms with Gasteiger partial charge in [-0.05, 0) is 57.8 Å². The first-order valence-corrected chi connectivity index (χ1v) is 13.7. The van der Waals surface area contributed by atoms with Gasteiger partial charge in [0.2, 0.25) is 0 Å². The highest BCUT2D eigenvalue weighted by atomic mass is 127. The van der Waals surface area contributed by atoms with Gasteiger partial charge in [0.1, 0.15) is 6.07 Å². The molecule has 2 aliphatic carbocycles. The molecule has 0 aromatic rings. The molecule has 0 aliphatic heterocycles. The molecule has 2 aliphatic rings. The van der Waals surface area contributed by atoms with Crippen molar-refractivity contribution in [3.05, 3.63) is 10.3 Å². The third-order valence-corrected chi connectivity index (χ3v) is 12.0. The molecule has 5 nitrogen and oxygen atoms in total. The Bertz CT molecular complexity index is 636. The van der Waals surface area contributed by atoms with Crippen molar-refractivity contribution in [3.63, 3.8) is 0 Å². The number of nitrogens with zero attached hydrogens (tertiary/aromatic N) is 2. The molecule has 0 unspecified atom stereocenters. The van der Waals surface area contributed by atoms with Crippen LogP contribution in [0.5, 0.6) is 0 Å². The summed E-state index contributed by atoms with van der Waals surface area (Å²) in [4.78, 5) is -0.614. The van der Waals surface area contributed by atoms with E-state index >= 15 is 0 Å². The molecule has 0 atom stereocenters. The maximum absolute atomic E-state index is 12.3. The summed E-state index contributed by atoms with van der Waals surface area (Å²) >= 11 is 0.0796. The van der Waals surface area contributed by atoms with Crippen molar-refractivity contribution in [2.24, 2.45) is 0 Å². The summed E-state index contributed by atoms with van der Waals surface area (Å²) in [5.41, 5.74) is 0. The standard InChI is InChI=1S/C19H29IN2O3S/c1-2-3-12-25-17-8-4-15(5-9-17)20-16-6-10-18(11-7-16)26(23,24)19(13-21)14-22/h15-18H,2-12H2,1H3. The zero-order valence-electron chi connectivity index (χ0n) is 15.5. The van der Waals surface area contributed by atoms with Gasteiger partial charge in [-0.2, -0.15) is 5.26 Å². The lowest BCUT2D eigenvalue weighted by molar-refractivity contribution is -0.726. The Hall–Kier alpha value is -0.420. The summed E-state index contributed by atoms with van der Waals surface area (Å²) in [6, 6.07) is 1.55. The molecule has 0 bridgehead atoms. The van der Waals surface area contributed by atoms with Gasteiger partial charge in [0.05, 0.1) is 11.4 Å². The van der Waals surface area contributed by atoms with Crippen LogP contribution >= 0.6 is 0 Å². The van der Waals surface area contributed by atoms with E-state index < -0.39 is 20.0 Å². The van der Waals surface area contributed by atoms with E-state index in [1.54, 1.807) is 11.9 Å². The molecule has 0 aromatic heterocycles. The Morgan fingerprint density at radius 1 is 1.12 bits per heavy atom. The van der Waals surface area contributed by atoms with Crippen LogP contribution in [0, 0.1) is 11.3 Å². The van der Waals surface area contributed by atoms with Crippen LogP contribution in [0.15, 0.2) is 4.91 Å². The number of rotatable bonds is 8. The highest BCUT2D eigenvalue weighted by Crippen LogP contribution is 2.26. The van der Waals surface area contributed by atoms with Gasteiger partial charge in [0.25, 0.3) is 21.2 Å². The minimum absolute atomic E-state index is 0.0796. The van der Waals surface area contributed by atoms with Gasteiger partial charge in [0.15, 0.2) is 22.6 Å². The quantitative estimate of drug-likeness (QED) is 0.163. The molecule has 0 spiro atoms. The Kier molecular flexibility index (Phi) is 9.08. The maximum Gasteiger partial charge on any atom is 0.275 e. The molecule has 7 heteroatoms. The van der Waals surface area contributed by atoms with E-state index in [9.17, 15) is 8.42 Å². The third kappa shape index (κ3) is 6.05. The van der Waals surface area contributed by atoms with Crippen LogP contribution in [0.4, 0.5) is 0 Å². The monoisotopic (exact) mass is 492 g/mol. The SMILES string of the molecule is CCCCOC1CCC([I+]C2CCC(S(=O)(=O)C(=C=[N-])C#N)CC2)CC1. The highest BCUT2D eigenvalue weighted by Gasteiger charge is 2.41. The van der Waals surface area contributed by atoms with Gasteiger partial charge in [0, 0.05) is 6.61 Å². The largest absolute Gasteiger partial charge is 0.762 e. The van der Waals surface area contributed by atoms with E-state index in [-0.39, 0.29) is 21.2 Å². The smallest absolute Gasteiger partial charge is 0.275 e. The number of halogens is 1. The summed E-state index contributed by atoms with van der Waals surface area (Å²) in [7, 11) is -3.71. The number of sulfone groups is 1. The molecule has 0 radical (unpaired) electrons. The minimum atomic E-state index is -3.71. The number of alkyl halides is 2. The lowest BCUT2D eigenvalue weighted by atomic mass is 9.98. The second-order valence-corrected chi connectivity index (χ2v) is 13.6. The number of hydrogen-bond acceptors (Lipinski definition) is 4. The minimum Gasteiger partial charge on any atom is -0.762 e. The molecule has 0 heterocycles. The molecule has 0 amide bonds. The fourth-order valence-electron chi connectivity index (χ4n) is 3.74. The molecule has 0 aromatic carbocycles. The number of ether oxygens (including phenoxy) is 1. The number of unbranched alkanes of at least 4 members (excludes halogenated alkanes) is 1. The van der Waals surface area contributed by atoms with Gasteiger partial charge < -0.3 is 10.1 Å². The van der Waals surface area contributed by atoms with E-state index in [0.29, 0.717) is 22.9 Å². The van der Waals surface area contributed by atoms with Gasteiger partial charge in [-0.25, -0.2) is 14.3 Å². The fraction of sp³-hybridized carbons (Fsp3) is 0.842. The Morgan fingerprint density at radius 3 is 2.19 bits per heavy atom. The van der Waals surface area contributed by atoms with Crippen molar-refractivity contribution in [1.29, 1.82) is 5.26 Å². The average molecular weight is 492 g/mol. The van der Waals surface area contributed by atoms with Crippen molar-refractivity contribution in [1.82, 2.24) is 0 Å². The van der Waals surface area contributed by atoms with Gasteiger partial charge >= 0.3 is 0 Å². The Balaban J connectivity index is 1.73. The number of hydrogen-bond donors (Lipinski definition) is 0. The van der Waals surface area contributed by atoms with E-state index in [0.717, 1.165) is 29.8 Å². The lowest BCUT2D eigenvalue weighted by Crippen LogP contribution is -3.68. The van der Waals surface area contributed by atoms with Crippen LogP contribution < -0.4 is 21.2 Å². The first kappa shape index (κ1) is 21.9. The predicted octanol–water partition coefficient (Wildman–Crippen LogP) is 0.576. The summed E-state index contributed by atoms with van der Waals surface area (Å²) < 4.78 is 32.1. The summed E-state index contributed by atoms with van der Waals surface area (Å²) in [5.74, 6) is 1.55. The normalized spacial score (nSPS) is 29.5. The molecule has 2 rings (SSSR count). The molecular formula is C19H29IN2O3S. The van der Waals surface area contributed by atoms with Crippen LogP contribution in [-0.4, -0.2) is 40.1 Å². The van der Waals surface area contributed by atoms with Crippen molar-refractivity contribution in [3.8, 4) is 6.07 Å². The van der Waals surface area contributed by atoms with Crippen LogP contribution in [0.2, 0.25) is 0 Å². The zero-order chi connectivity index (χ0) is 19.0. The fourth-order valence-corrected chi connectivity index (χ4v) is 9.53. The van der Waals surface area contributed by atoms with Crippen LogP contribution in [0.1, 0.15) is 71.1 Å². The second-order valence-electron chi connectivity index (χ2n) is 7.20. The van der Waals surface area contributed by atoms with Crippen molar-refractivity contribution >= 4 is 15.7 Å². The Labute approximate surface area is 168 Å². The first-order valence-electron chi connectivity index (χ1n) is 9.65. The zero-order valence-corrected chi connectivity index (χ0v) is 18.5. The summed E-state index contributed by atoms with van der Waals surface area (Å²) in [6.07, 6.45) is 10.8. The summed E-state index contributed by atoms with van der Waals surface area (Å²) in [5, 5.41) is 17.2. The van der Waals surface area contributed by atoms with E-state index in [1.807, 2.05) is 0 Å². The van der Waals surface area contributed by atoms with Crippen molar-refractivity contribution in [2.75, 3.05) is 6.61 Å². The Morgan fingerprint density at radius 2 is 1.69 bits per heavy atom. The van der Waals surface area contributed by atoms with E-state index in [2.05, 4.69) is 6.92 Å². The van der Waals surface area contributed by atoms with E-state index in [4.69, 9.17) is 15.4 Å². The topological polar surface area (TPSA) is 89.5 Å². The highest BCUT2D eigenvalue weighted by molar-refractivity contribution is 7.96. The van der Waals surface area contributed by atoms with Crippen molar-refractivity contribution in [2.45, 2.75) is 90.3 Å².